The first-order valence-electron chi connectivity index (χ1n) is 9.56. The van der Waals surface area contributed by atoms with Gasteiger partial charge in [0.25, 0.3) is 0 Å². The summed E-state index contributed by atoms with van der Waals surface area (Å²) in [7, 11) is -3.31. The van der Waals surface area contributed by atoms with Crippen molar-refractivity contribution in [3.8, 4) is 0 Å². The van der Waals surface area contributed by atoms with Crippen LogP contribution in [0.1, 0.15) is 38.7 Å². The van der Waals surface area contributed by atoms with E-state index in [-0.39, 0.29) is 17.2 Å². The monoisotopic (exact) mass is 402 g/mol. The molecule has 1 amide bonds. The minimum Gasteiger partial charge on any atom is -0.341 e. The summed E-state index contributed by atoms with van der Waals surface area (Å²) < 4.78 is 24.3. The van der Waals surface area contributed by atoms with E-state index in [1.54, 1.807) is 50.5 Å². The molecule has 0 bridgehead atoms. The molecule has 1 saturated heterocycles. The topological polar surface area (TPSA) is 92.3 Å². The molecule has 0 spiro atoms. The Morgan fingerprint density at radius 3 is 2.25 bits per heavy atom. The summed E-state index contributed by atoms with van der Waals surface area (Å²) in [5.41, 5.74) is 1.29. The van der Waals surface area contributed by atoms with E-state index in [4.69, 9.17) is 0 Å². The van der Waals surface area contributed by atoms with E-state index in [1.807, 2.05) is 0 Å². The quantitative estimate of drug-likeness (QED) is 0.799. The van der Waals surface area contributed by atoms with E-state index in [2.05, 4.69) is 20.2 Å². The number of hydrogen-bond acceptors (Lipinski definition) is 6. The highest BCUT2D eigenvalue weighted by Crippen LogP contribution is 2.18. The van der Waals surface area contributed by atoms with E-state index >= 15 is 0 Å². The molecular formula is C20H26N4O3S. The van der Waals surface area contributed by atoms with E-state index in [0.717, 1.165) is 31.5 Å². The number of nitrogens with zero attached hydrogens (tertiary/aromatic N) is 3. The van der Waals surface area contributed by atoms with Gasteiger partial charge in [0, 0.05) is 13.1 Å². The van der Waals surface area contributed by atoms with Crippen molar-refractivity contribution < 1.29 is 13.2 Å². The zero-order valence-electron chi connectivity index (χ0n) is 16.3. The Morgan fingerprint density at radius 1 is 1.07 bits per heavy atom. The van der Waals surface area contributed by atoms with Crippen LogP contribution in [0.4, 0.5) is 11.6 Å². The molecule has 2 heterocycles. The lowest BCUT2D eigenvalue weighted by Gasteiger charge is -2.26. The maximum absolute atomic E-state index is 12.3. The fourth-order valence-electron chi connectivity index (χ4n) is 3.10. The van der Waals surface area contributed by atoms with Gasteiger partial charge in [0.05, 0.1) is 34.6 Å². The summed E-state index contributed by atoms with van der Waals surface area (Å²) in [6, 6.07) is 6.44. The van der Waals surface area contributed by atoms with Crippen molar-refractivity contribution in [2.24, 2.45) is 0 Å². The number of sulfone groups is 1. The second kappa shape index (κ2) is 8.68. The molecule has 0 radical (unpaired) electrons. The maximum Gasteiger partial charge on any atom is 0.228 e. The third-order valence-electron chi connectivity index (χ3n) is 4.80. The van der Waals surface area contributed by atoms with Crippen molar-refractivity contribution >= 4 is 27.4 Å². The smallest absolute Gasteiger partial charge is 0.228 e. The SMILES string of the molecule is CC(C)S(=O)(=O)c1ccc(CC(=O)Nc2cnc(N3CCCCC3)nc2)cc1. The van der Waals surface area contributed by atoms with E-state index < -0.39 is 15.1 Å². The van der Waals surface area contributed by atoms with Crippen LogP contribution in [0.2, 0.25) is 0 Å². The van der Waals surface area contributed by atoms with Crippen LogP contribution in [0.5, 0.6) is 0 Å². The normalized spacial score (nSPS) is 14.9. The molecule has 150 valence electrons. The maximum atomic E-state index is 12.3. The van der Waals surface area contributed by atoms with Gasteiger partial charge in [-0.2, -0.15) is 0 Å². The van der Waals surface area contributed by atoms with Crippen molar-refractivity contribution in [1.29, 1.82) is 0 Å². The highest BCUT2D eigenvalue weighted by Gasteiger charge is 2.19. The van der Waals surface area contributed by atoms with Crippen LogP contribution in [-0.2, 0) is 21.1 Å². The number of carbonyl (C=O) groups excluding carboxylic acids is 1. The third-order valence-corrected chi connectivity index (χ3v) is 6.97. The van der Waals surface area contributed by atoms with Gasteiger partial charge in [0.15, 0.2) is 9.84 Å². The largest absolute Gasteiger partial charge is 0.341 e. The minimum atomic E-state index is -3.31. The first-order chi connectivity index (χ1) is 13.4. The number of rotatable bonds is 6. The zero-order valence-corrected chi connectivity index (χ0v) is 17.1. The number of nitrogens with one attached hydrogen (secondary N) is 1. The van der Waals surface area contributed by atoms with Crippen LogP contribution in [0.15, 0.2) is 41.6 Å². The van der Waals surface area contributed by atoms with Crippen LogP contribution < -0.4 is 10.2 Å². The van der Waals surface area contributed by atoms with Crippen LogP contribution in [-0.4, -0.2) is 42.6 Å². The molecule has 1 aliphatic heterocycles. The molecule has 1 aliphatic rings. The number of hydrogen-bond donors (Lipinski definition) is 1. The lowest BCUT2D eigenvalue weighted by Crippen LogP contribution is -2.30. The van der Waals surface area contributed by atoms with Gasteiger partial charge in [-0.1, -0.05) is 12.1 Å². The molecule has 1 aromatic heterocycles. The molecular weight excluding hydrogens is 376 g/mol. The number of amides is 1. The molecule has 7 nitrogen and oxygen atoms in total. The van der Waals surface area contributed by atoms with Crippen molar-refractivity contribution in [3.05, 3.63) is 42.2 Å². The Kier molecular flexibility index (Phi) is 6.28. The van der Waals surface area contributed by atoms with Gasteiger partial charge < -0.3 is 10.2 Å². The van der Waals surface area contributed by atoms with E-state index in [9.17, 15) is 13.2 Å². The molecule has 2 aromatic rings. The minimum absolute atomic E-state index is 0.149. The van der Waals surface area contributed by atoms with Crippen LogP contribution in [0, 0.1) is 0 Å². The number of carbonyl (C=O) groups is 1. The summed E-state index contributed by atoms with van der Waals surface area (Å²) in [6.07, 6.45) is 6.93. The van der Waals surface area contributed by atoms with Gasteiger partial charge in [0.2, 0.25) is 11.9 Å². The summed E-state index contributed by atoms with van der Waals surface area (Å²) in [5.74, 6) is 0.494. The molecule has 0 aliphatic carbocycles. The molecule has 1 N–H and O–H groups in total. The predicted molar refractivity (Wildman–Crippen MR) is 109 cm³/mol. The van der Waals surface area contributed by atoms with Gasteiger partial charge in [-0.3, -0.25) is 4.79 Å². The summed E-state index contributed by atoms with van der Waals surface area (Å²) in [6.45, 7) is 5.23. The average molecular weight is 403 g/mol. The number of anilines is 2. The van der Waals surface area contributed by atoms with Gasteiger partial charge in [0.1, 0.15) is 0 Å². The molecule has 0 unspecified atom stereocenters. The lowest BCUT2D eigenvalue weighted by molar-refractivity contribution is -0.115. The number of benzene rings is 1. The Hall–Kier alpha value is -2.48. The molecule has 1 fully saturated rings. The average Bonchev–Trinajstić information content (AvgIpc) is 2.69. The van der Waals surface area contributed by atoms with E-state index in [0.29, 0.717) is 11.6 Å². The van der Waals surface area contributed by atoms with Gasteiger partial charge in [-0.15, -0.1) is 0 Å². The van der Waals surface area contributed by atoms with Crippen molar-refractivity contribution in [2.45, 2.75) is 49.7 Å². The zero-order chi connectivity index (χ0) is 20.1. The Bertz CT molecular complexity index is 903. The standard InChI is InChI=1S/C20H26N4O3S/c1-15(2)28(26,27)18-8-6-16(7-9-18)12-19(25)23-17-13-21-20(22-14-17)24-10-4-3-5-11-24/h6-9,13-15H,3-5,10-12H2,1-2H3,(H,23,25). The van der Waals surface area contributed by atoms with Crippen LogP contribution >= 0.6 is 0 Å². The summed E-state index contributed by atoms with van der Waals surface area (Å²) in [5, 5.41) is 2.31. The molecule has 8 heteroatoms. The van der Waals surface area contributed by atoms with Crippen LogP contribution in [0.25, 0.3) is 0 Å². The molecule has 0 atom stereocenters. The fraction of sp³-hybridized carbons (Fsp3) is 0.450. The first kappa shape index (κ1) is 20.3. The fourth-order valence-corrected chi connectivity index (χ4v) is 4.16. The van der Waals surface area contributed by atoms with Crippen LogP contribution in [0.3, 0.4) is 0 Å². The lowest BCUT2D eigenvalue weighted by atomic mass is 10.1. The molecule has 3 rings (SSSR count). The highest BCUT2D eigenvalue weighted by atomic mass is 32.2. The molecule has 0 saturated carbocycles. The van der Waals surface area contributed by atoms with Crippen molar-refractivity contribution in [3.63, 3.8) is 0 Å². The van der Waals surface area contributed by atoms with Crippen molar-refractivity contribution in [2.75, 3.05) is 23.3 Å². The molecule has 28 heavy (non-hydrogen) atoms. The van der Waals surface area contributed by atoms with Gasteiger partial charge in [-0.05, 0) is 50.8 Å². The second-order valence-corrected chi connectivity index (χ2v) is 9.79. The Balaban J connectivity index is 1.58. The first-order valence-corrected chi connectivity index (χ1v) is 11.1. The third kappa shape index (κ3) is 4.86. The highest BCUT2D eigenvalue weighted by molar-refractivity contribution is 7.92. The summed E-state index contributed by atoms with van der Waals surface area (Å²) in [4.78, 5) is 23.4. The predicted octanol–water partition coefficient (Wildman–Crippen LogP) is 2.83. The number of aromatic nitrogens is 2. The Labute approximate surface area is 166 Å². The Morgan fingerprint density at radius 2 is 1.68 bits per heavy atom. The number of piperidine rings is 1. The van der Waals surface area contributed by atoms with Crippen molar-refractivity contribution in [1.82, 2.24) is 9.97 Å². The summed E-state index contributed by atoms with van der Waals surface area (Å²) >= 11 is 0. The molecule has 1 aromatic carbocycles. The van der Waals surface area contributed by atoms with Gasteiger partial charge >= 0.3 is 0 Å². The second-order valence-electron chi connectivity index (χ2n) is 7.28. The van der Waals surface area contributed by atoms with Gasteiger partial charge in [-0.25, -0.2) is 18.4 Å². The van der Waals surface area contributed by atoms with E-state index in [1.165, 1.54) is 6.42 Å².